The molecule has 2 atom stereocenters. The van der Waals surface area contributed by atoms with Gasteiger partial charge in [0.2, 0.25) is 11.8 Å². The molecule has 1 aliphatic heterocycles. The Bertz CT molecular complexity index is 732. The fourth-order valence-electron chi connectivity index (χ4n) is 2.77. The summed E-state index contributed by atoms with van der Waals surface area (Å²) in [5.41, 5.74) is 0.601. The van der Waals surface area contributed by atoms with Crippen LogP contribution < -0.4 is 10.2 Å². The summed E-state index contributed by atoms with van der Waals surface area (Å²) < 4.78 is 5.21. The van der Waals surface area contributed by atoms with Crippen LogP contribution in [0.3, 0.4) is 0 Å². The van der Waals surface area contributed by atoms with Crippen LogP contribution in [0.5, 0.6) is 0 Å². The van der Waals surface area contributed by atoms with Crippen LogP contribution in [-0.2, 0) is 9.59 Å². The van der Waals surface area contributed by atoms with Crippen LogP contribution in [0, 0.1) is 5.92 Å². The lowest BCUT2D eigenvalue weighted by Crippen LogP contribution is -2.36. The first-order chi connectivity index (χ1) is 11.6. The second-order valence-electron chi connectivity index (χ2n) is 5.62. The molecule has 2 aromatic rings. The van der Waals surface area contributed by atoms with Crippen LogP contribution in [-0.4, -0.2) is 30.1 Å². The van der Waals surface area contributed by atoms with Gasteiger partial charge in [0, 0.05) is 13.0 Å². The zero-order valence-corrected chi connectivity index (χ0v) is 13.6. The van der Waals surface area contributed by atoms with Gasteiger partial charge in [0.1, 0.15) is 11.8 Å². The highest BCUT2D eigenvalue weighted by Gasteiger charge is 2.36. The molecule has 126 valence electrons. The van der Waals surface area contributed by atoms with Gasteiger partial charge in [-0.1, -0.05) is 23.7 Å². The van der Waals surface area contributed by atoms with Crippen molar-refractivity contribution in [3.8, 4) is 0 Å². The van der Waals surface area contributed by atoms with Crippen LogP contribution in [0.15, 0.2) is 47.1 Å². The monoisotopic (exact) mass is 348 g/mol. The first-order valence-electron chi connectivity index (χ1n) is 7.59. The first kappa shape index (κ1) is 16.5. The topological polar surface area (TPSA) is 82.8 Å². The molecular weight excluding hydrogens is 332 g/mol. The standard InChI is InChI=1S/C17H17ClN2O4/c18-12-4-1-2-5-14(12)20-9-11(8-16(20)22)17(23)19-13(10-21)15-6-3-7-24-15/h1-7,11,13,21H,8-10H2,(H,19,23). The molecule has 1 aliphatic rings. The number of amides is 2. The van der Waals surface area contributed by atoms with Crippen LogP contribution in [0.1, 0.15) is 18.2 Å². The SMILES string of the molecule is O=C(NC(CO)c1ccco1)C1CC(=O)N(c2ccccc2Cl)C1. The van der Waals surface area contributed by atoms with Crippen molar-refractivity contribution in [3.63, 3.8) is 0 Å². The molecule has 0 aliphatic carbocycles. The number of aliphatic hydroxyl groups excluding tert-OH is 1. The molecule has 0 saturated carbocycles. The zero-order valence-electron chi connectivity index (χ0n) is 12.8. The highest BCUT2D eigenvalue weighted by Crippen LogP contribution is 2.31. The third-order valence-corrected chi connectivity index (χ3v) is 4.34. The normalized spacial score (nSPS) is 18.7. The van der Waals surface area contributed by atoms with Crippen LogP contribution in [0.4, 0.5) is 5.69 Å². The van der Waals surface area contributed by atoms with Crippen molar-refractivity contribution in [2.24, 2.45) is 5.92 Å². The van der Waals surface area contributed by atoms with Crippen molar-refractivity contribution in [1.82, 2.24) is 5.32 Å². The molecule has 24 heavy (non-hydrogen) atoms. The summed E-state index contributed by atoms with van der Waals surface area (Å²) in [6.07, 6.45) is 1.58. The molecule has 2 unspecified atom stereocenters. The van der Waals surface area contributed by atoms with Gasteiger partial charge >= 0.3 is 0 Å². The largest absolute Gasteiger partial charge is 0.467 e. The van der Waals surface area contributed by atoms with Gasteiger partial charge in [-0.15, -0.1) is 0 Å². The van der Waals surface area contributed by atoms with Crippen molar-refractivity contribution in [1.29, 1.82) is 0 Å². The minimum atomic E-state index is -0.628. The Balaban J connectivity index is 1.69. The summed E-state index contributed by atoms with van der Waals surface area (Å²) in [5, 5.41) is 12.6. The molecule has 2 amide bonds. The number of carbonyl (C=O) groups excluding carboxylic acids is 2. The molecule has 2 heterocycles. The van der Waals surface area contributed by atoms with Crippen LogP contribution in [0.25, 0.3) is 0 Å². The fraction of sp³-hybridized carbons (Fsp3) is 0.294. The number of anilines is 1. The second kappa shape index (κ2) is 7.07. The van der Waals surface area contributed by atoms with E-state index in [1.54, 1.807) is 36.4 Å². The van der Waals surface area contributed by atoms with Gasteiger partial charge in [0.05, 0.1) is 29.5 Å². The van der Waals surface area contributed by atoms with E-state index in [0.29, 0.717) is 16.5 Å². The molecule has 0 spiro atoms. The van der Waals surface area contributed by atoms with Gasteiger partial charge < -0.3 is 19.7 Å². The molecule has 0 radical (unpaired) electrons. The number of nitrogens with one attached hydrogen (secondary N) is 1. The smallest absolute Gasteiger partial charge is 0.227 e. The summed E-state index contributed by atoms with van der Waals surface area (Å²) in [5.74, 6) is -0.480. The van der Waals surface area contributed by atoms with Gasteiger partial charge in [-0.2, -0.15) is 0 Å². The minimum Gasteiger partial charge on any atom is -0.467 e. The highest BCUT2D eigenvalue weighted by atomic mass is 35.5. The maximum Gasteiger partial charge on any atom is 0.227 e. The van der Waals surface area contributed by atoms with E-state index in [4.69, 9.17) is 16.0 Å². The number of para-hydroxylation sites is 1. The summed E-state index contributed by atoms with van der Waals surface area (Å²) >= 11 is 6.13. The predicted molar refractivity (Wildman–Crippen MR) is 88.6 cm³/mol. The minimum absolute atomic E-state index is 0.105. The summed E-state index contributed by atoms with van der Waals surface area (Å²) in [6.45, 7) is -0.0289. The van der Waals surface area contributed by atoms with E-state index in [9.17, 15) is 14.7 Å². The molecule has 1 saturated heterocycles. The van der Waals surface area contributed by atoms with E-state index in [0.717, 1.165) is 0 Å². The van der Waals surface area contributed by atoms with Gasteiger partial charge in [0.25, 0.3) is 0 Å². The second-order valence-corrected chi connectivity index (χ2v) is 6.02. The van der Waals surface area contributed by atoms with Gasteiger partial charge in [0.15, 0.2) is 0 Å². The third kappa shape index (κ3) is 3.29. The number of benzene rings is 1. The van der Waals surface area contributed by atoms with Crippen molar-refractivity contribution < 1.29 is 19.1 Å². The Morgan fingerprint density at radius 2 is 2.17 bits per heavy atom. The number of aliphatic hydroxyl groups is 1. The fourth-order valence-corrected chi connectivity index (χ4v) is 3.01. The number of rotatable bonds is 5. The Hall–Kier alpha value is -2.31. The molecule has 1 aromatic heterocycles. The average molecular weight is 349 g/mol. The maximum absolute atomic E-state index is 12.4. The number of hydrogen-bond acceptors (Lipinski definition) is 4. The molecule has 6 nitrogen and oxygen atoms in total. The lowest BCUT2D eigenvalue weighted by molar-refractivity contribution is -0.127. The number of nitrogens with zero attached hydrogens (tertiary/aromatic N) is 1. The average Bonchev–Trinajstić information content (AvgIpc) is 3.23. The Morgan fingerprint density at radius 3 is 2.83 bits per heavy atom. The quantitative estimate of drug-likeness (QED) is 0.867. The summed E-state index contributed by atoms with van der Waals surface area (Å²) in [6, 6.07) is 9.76. The van der Waals surface area contributed by atoms with Gasteiger partial charge in [-0.3, -0.25) is 9.59 Å². The highest BCUT2D eigenvalue weighted by molar-refractivity contribution is 6.33. The zero-order chi connectivity index (χ0) is 17.1. The Kier molecular flexibility index (Phi) is 4.87. The molecule has 1 fully saturated rings. The van der Waals surface area contributed by atoms with E-state index in [2.05, 4.69) is 5.32 Å². The third-order valence-electron chi connectivity index (χ3n) is 4.02. The predicted octanol–water partition coefficient (Wildman–Crippen LogP) is 2.14. The van der Waals surface area contributed by atoms with Crippen molar-refractivity contribution in [2.45, 2.75) is 12.5 Å². The molecule has 1 aromatic carbocycles. The Morgan fingerprint density at radius 1 is 1.38 bits per heavy atom. The molecule has 3 rings (SSSR count). The van der Waals surface area contributed by atoms with Gasteiger partial charge in [-0.25, -0.2) is 0 Å². The molecule has 7 heteroatoms. The van der Waals surface area contributed by atoms with E-state index < -0.39 is 12.0 Å². The number of hydrogen-bond donors (Lipinski definition) is 2. The molecule has 0 bridgehead atoms. The first-order valence-corrected chi connectivity index (χ1v) is 7.97. The van der Waals surface area contributed by atoms with E-state index >= 15 is 0 Å². The van der Waals surface area contributed by atoms with Crippen molar-refractivity contribution in [2.75, 3.05) is 18.1 Å². The summed E-state index contributed by atoms with van der Waals surface area (Å²) in [7, 11) is 0. The maximum atomic E-state index is 12.4. The number of furan rings is 1. The number of carbonyl (C=O) groups is 2. The van der Waals surface area contributed by atoms with E-state index in [-0.39, 0.29) is 31.4 Å². The Labute approximate surface area is 144 Å². The van der Waals surface area contributed by atoms with Gasteiger partial charge in [-0.05, 0) is 24.3 Å². The lowest BCUT2D eigenvalue weighted by atomic mass is 10.1. The van der Waals surface area contributed by atoms with Crippen molar-refractivity contribution in [3.05, 3.63) is 53.4 Å². The summed E-state index contributed by atoms with van der Waals surface area (Å²) in [4.78, 5) is 26.2. The lowest BCUT2D eigenvalue weighted by Gasteiger charge is -2.19. The molecule has 2 N–H and O–H groups in total. The van der Waals surface area contributed by atoms with Crippen molar-refractivity contribution >= 4 is 29.1 Å². The number of halogens is 1. The molecular formula is C17H17ClN2O4. The van der Waals surface area contributed by atoms with Crippen LogP contribution in [0.2, 0.25) is 5.02 Å². The van der Waals surface area contributed by atoms with E-state index in [1.165, 1.54) is 11.2 Å². The van der Waals surface area contributed by atoms with E-state index in [1.807, 2.05) is 0 Å². The van der Waals surface area contributed by atoms with Crippen LogP contribution >= 0.6 is 11.6 Å².